The fourth-order valence-electron chi connectivity index (χ4n) is 6.14. The highest BCUT2D eigenvalue weighted by Crippen LogP contribution is 2.61. The van der Waals surface area contributed by atoms with Crippen LogP contribution in [0, 0.1) is 23.2 Å². The van der Waals surface area contributed by atoms with Crippen molar-refractivity contribution in [1.29, 1.82) is 0 Å². The van der Waals surface area contributed by atoms with Gasteiger partial charge in [-0.1, -0.05) is 0 Å². The molecule has 5 aliphatic carbocycles. The molecule has 0 aromatic carbocycles. The van der Waals surface area contributed by atoms with Crippen LogP contribution in [0.2, 0.25) is 0 Å². The fourth-order valence-corrected chi connectivity index (χ4v) is 6.14. The molecule has 4 bridgehead atoms. The summed E-state index contributed by atoms with van der Waals surface area (Å²) in [7, 11) is 0. The molecule has 1 heterocycles. The number of nitrogens with one attached hydrogen (secondary N) is 3. The van der Waals surface area contributed by atoms with E-state index in [0.29, 0.717) is 18.0 Å². The zero-order valence-corrected chi connectivity index (χ0v) is 14.5. The first-order valence-corrected chi connectivity index (χ1v) is 9.73. The maximum Gasteiger partial charge on any atom is 0.290 e. The van der Waals surface area contributed by atoms with Crippen molar-refractivity contribution in [2.75, 3.05) is 0 Å². The third kappa shape index (κ3) is 2.96. The van der Waals surface area contributed by atoms with Gasteiger partial charge in [-0.15, -0.1) is 0 Å². The summed E-state index contributed by atoms with van der Waals surface area (Å²) in [5.74, 6) is 2.62. The lowest BCUT2D eigenvalue weighted by atomic mass is 9.49. The number of carbonyl (C=O) groups excluding carboxylic acids is 2. The normalized spacial score (nSPS) is 35.6. The lowest BCUT2D eigenvalue weighted by Crippen LogP contribution is -2.50. The Morgan fingerprint density at radius 2 is 1.72 bits per heavy atom. The summed E-state index contributed by atoms with van der Waals surface area (Å²) in [5, 5.41) is 6.96. The summed E-state index contributed by atoms with van der Waals surface area (Å²) in [6.07, 6.45) is 10.6. The number of aromatic nitrogens is 2. The monoisotopic (exact) mass is 342 g/mol. The Labute approximate surface area is 147 Å². The zero-order valence-electron chi connectivity index (χ0n) is 14.5. The van der Waals surface area contributed by atoms with E-state index < -0.39 is 0 Å². The van der Waals surface area contributed by atoms with Gasteiger partial charge in [0.05, 0.1) is 0 Å². The molecule has 5 aliphatic rings. The number of hydrazine groups is 1. The molecule has 5 saturated carbocycles. The Hall–Kier alpha value is -1.85. The minimum atomic E-state index is -0.345. The lowest BCUT2D eigenvalue weighted by molar-refractivity contribution is -0.130. The lowest BCUT2D eigenvalue weighted by Gasteiger charge is -2.56. The molecule has 1 aromatic rings. The Bertz CT molecular complexity index is 671. The molecule has 3 N–H and O–H groups in total. The number of rotatable bonds is 4. The number of carbonyl (C=O) groups is 2. The second kappa shape index (κ2) is 5.58. The molecule has 6 nitrogen and oxygen atoms in total. The number of hydrogen-bond donors (Lipinski definition) is 3. The van der Waals surface area contributed by atoms with E-state index in [4.69, 9.17) is 0 Å². The van der Waals surface area contributed by atoms with E-state index in [9.17, 15) is 9.59 Å². The van der Waals surface area contributed by atoms with Gasteiger partial charge in [-0.05, 0) is 80.6 Å². The van der Waals surface area contributed by atoms with Crippen LogP contribution in [-0.4, -0.2) is 22.0 Å². The molecule has 6 rings (SSSR count). The Balaban J connectivity index is 1.16. The first-order chi connectivity index (χ1) is 12.1. The Morgan fingerprint density at radius 1 is 1.08 bits per heavy atom. The van der Waals surface area contributed by atoms with Gasteiger partial charge in [0.25, 0.3) is 5.91 Å². The highest BCUT2D eigenvalue weighted by Gasteiger charge is 2.51. The van der Waals surface area contributed by atoms with Crippen LogP contribution in [0.15, 0.2) is 6.07 Å². The number of hydrogen-bond acceptors (Lipinski definition) is 3. The van der Waals surface area contributed by atoms with E-state index in [1.54, 1.807) is 6.07 Å². The third-order valence-corrected chi connectivity index (χ3v) is 6.86. The molecule has 5 fully saturated rings. The molecule has 0 saturated heterocycles. The number of aromatic amines is 1. The Kier molecular flexibility index (Phi) is 3.44. The number of H-pyrrole nitrogens is 1. The van der Waals surface area contributed by atoms with E-state index in [1.807, 2.05) is 0 Å². The average Bonchev–Trinajstić information content (AvgIpc) is 3.28. The van der Waals surface area contributed by atoms with E-state index in [-0.39, 0.29) is 17.2 Å². The summed E-state index contributed by atoms with van der Waals surface area (Å²) < 4.78 is 0. The topological polar surface area (TPSA) is 86.9 Å². The summed E-state index contributed by atoms with van der Waals surface area (Å²) in [6.45, 7) is 0. The van der Waals surface area contributed by atoms with Gasteiger partial charge in [0.15, 0.2) is 5.69 Å². The molecule has 134 valence electrons. The summed E-state index contributed by atoms with van der Waals surface area (Å²) in [6, 6.07) is 1.79. The highest BCUT2D eigenvalue weighted by molar-refractivity contribution is 5.93. The maximum atomic E-state index is 12.4. The van der Waals surface area contributed by atoms with E-state index in [2.05, 4.69) is 21.0 Å². The largest absolute Gasteiger partial charge is 0.290 e. The van der Waals surface area contributed by atoms with Crippen LogP contribution in [0.25, 0.3) is 0 Å². The second-order valence-corrected chi connectivity index (χ2v) is 9.08. The molecular formula is C19H26N4O2. The van der Waals surface area contributed by atoms with Gasteiger partial charge < -0.3 is 0 Å². The van der Waals surface area contributed by atoms with Gasteiger partial charge >= 0.3 is 0 Å². The van der Waals surface area contributed by atoms with Gasteiger partial charge in [0.2, 0.25) is 5.91 Å². The molecule has 1 aromatic heterocycles. The molecule has 0 aliphatic heterocycles. The zero-order chi connectivity index (χ0) is 17.0. The first-order valence-electron chi connectivity index (χ1n) is 9.73. The molecule has 0 unspecified atom stereocenters. The van der Waals surface area contributed by atoms with Crippen molar-refractivity contribution in [1.82, 2.24) is 21.0 Å². The van der Waals surface area contributed by atoms with Crippen molar-refractivity contribution < 1.29 is 9.59 Å². The van der Waals surface area contributed by atoms with Crippen molar-refractivity contribution in [2.45, 2.75) is 63.7 Å². The van der Waals surface area contributed by atoms with E-state index >= 15 is 0 Å². The van der Waals surface area contributed by atoms with Crippen LogP contribution in [0.3, 0.4) is 0 Å². The van der Waals surface area contributed by atoms with Crippen molar-refractivity contribution in [2.24, 2.45) is 23.2 Å². The number of amides is 2. The molecule has 0 radical (unpaired) electrons. The van der Waals surface area contributed by atoms with Crippen LogP contribution >= 0.6 is 0 Å². The van der Waals surface area contributed by atoms with Gasteiger partial charge in [0.1, 0.15) is 0 Å². The molecule has 2 amide bonds. The quantitative estimate of drug-likeness (QED) is 0.735. The Morgan fingerprint density at radius 3 is 2.32 bits per heavy atom. The van der Waals surface area contributed by atoms with E-state index in [0.717, 1.165) is 36.3 Å². The molecule has 0 atom stereocenters. The minimum Gasteiger partial charge on any atom is -0.281 e. The summed E-state index contributed by atoms with van der Waals surface area (Å²) in [5.41, 5.74) is 6.70. The molecule has 25 heavy (non-hydrogen) atoms. The van der Waals surface area contributed by atoms with Crippen LogP contribution in [0.1, 0.15) is 79.9 Å². The summed E-state index contributed by atoms with van der Waals surface area (Å²) >= 11 is 0. The van der Waals surface area contributed by atoms with Crippen LogP contribution < -0.4 is 10.9 Å². The van der Waals surface area contributed by atoms with Crippen molar-refractivity contribution in [3.05, 3.63) is 17.5 Å². The molecule has 0 spiro atoms. The average molecular weight is 342 g/mol. The van der Waals surface area contributed by atoms with Gasteiger partial charge in [-0.2, -0.15) is 5.10 Å². The minimum absolute atomic E-state index is 0.0618. The predicted octanol–water partition coefficient (Wildman–Crippen LogP) is 2.65. The molecular weight excluding hydrogens is 316 g/mol. The fraction of sp³-hybridized carbons (Fsp3) is 0.737. The van der Waals surface area contributed by atoms with Gasteiger partial charge in [-0.3, -0.25) is 25.5 Å². The SMILES string of the molecule is O=C(CC12CC3CC(CC(C3)C1)C2)NNC(=O)c1cc(C2CC2)[nH]n1. The van der Waals surface area contributed by atoms with Gasteiger partial charge in [0, 0.05) is 18.0 Å². The van der Waals surface area contributed by atoms with Crippen LogP contribution in [0.4, 0.5) is 0 Å². The standard InChI is InChI=1S/C19H26N4O2/c24-17(10-19-7-11-3-12(8-19)5-13(4-11)9-19)22-23-18(25)16-6-15(20-21-16)14-1-2-14/h6,11-14H,1-5,7-10H2,(H,20,21)(H,22,24)(H,23,25). The summed E-state index contributed by atoms with van der Waals surface area (Å²) in [4.78, 5) is 24.6. The highest BCUT2D eigenvalue weighted by atomic mass is 16.2. The smallest absolute Gasteiger partial charge is 0.281 e. The third-order valence-electron chi connectivity index (χ3n) is 6.86. The van der Waals surface area contributed by atoms with Crippen molar-refractivity contribution in [3.8, 4) is 0 Å². The number of nitrogens with zero attached hydrogens (tertiary/aromatic N) is 1. The van der Waals surface area contributed by atoms with Crippen molar-refractivity contribution in [3.63, 3.8) is 0 Å². The van der Waals surface area contributed by atoms with Crippen molar-refractivity contribution >= 4 is 11.8 Å². The molecule has 6 heteroatoms. The van der Waals surface area contributed by atoms with Crippen LogP contribution in [-0.2, 0) is 4.79 Å². The predicted molar refractivity (Wildman–Crippen MR) is 91.4 cm³/mol. The van der Waals surface area contributed by atoms with Gasteiger partial charge in [-0.25, -0.2) is 0 Å². The second-order valence-electron chi connectivity index (χ2n) is 9.08. The maximum absolute atomic E-state index is 12.4. The van der Waals surface area contributed by atoms with E-state index in [1.165, 1.54) is 38.5 Å². The van der Waals surface area contributed by atoms with Crippen LogP contribution in [0.5, 0.6) is 0 Å². The first kappa shape index (κ1) is 15.4.